The minimum Gasteiger partial charge on any atom is -0.465 e. The first kappa shape index (κ1) is 10.7. The Morgan fingerprint density at radius 1 is 1.36 bits per heavy atom. The maximum Gasteiger partial charge on any atom is 0.337 e. The summed E-state index contributed by atoms with van der Waals surface area (Å²) in [5, 5.41) is 11.3. The fourth-order valence-electron chi connectivity index (χ4n) is 1.19. The molecule has 3 heteroatoms. The minimum absolute atomic E-state index is 0.379. The molecule has 0 aliphatic rings. The van der Waals surface area contributed by atoms with Crippen molar-refractivity contribution in [2.75, 3.05) is 7.11 Å². The van der Waals surface area contributed by atoms with Gasteiger partial charge in [-0.15, -0.1) is 0 Å². The lowest BCUT2D eigenvalue weighted by atomic mass is 10.1. The molecule has 75 valence electrons. The van der Waals surface area contributed by atoms with Crippen molar-refractivity contribution in [1.82, 2.24) is 0 Å². The lowest BCUT2D eigenvalue weighted by Gasteiger charge is -2.05. The van der Waals surface area contributed by atoms with Crippen molar-refractivity contribution in [3.63, 3.8) is 0 Å². The topological polar surface area (TPSA) is 46.2 Å². The summed E-state index contributed by atoms with van der Waals surface area (Å²) in [7, 11) is 1.33. The standard InChI is InChI=1S/C11H13O3/c1-3-10(12)8-4-6-9(7-5-8)11(13)14-2/h4-7,10H,3H2,1-2H3. The normalized spacial score (nSPS) is 12.2. The minimum atomic E-state index is -0.707. The summed E-state index contributed by atoms with van der Waals surface area (Å²) in [6.07, 6.45) is -0.154. The van der Waals surface area contributed by atoms with Gasteiger partial charge in [0.25, 0.3) is 0 Å². The first-order valence-corrected chi connectivity index (χ1v) is 4.53. The summed E-state index contributed by atoms with van der Waals surface area (Å²) in [5.74, 6) is -0.379. The number of methoxy groups -OCH3 is 1. The van der Waals surface area contributed by atoms with Crippen LogP contribution in [0.5, 0.6) is 0 Å². The van der Waals surface area contributed by atoms with Gasteiger partial charge in [0.2, 0.25) is 0 Å². The third kappa shape index (κ3) is 2.33. The van der Waals surface area contributed by atoms with Gasteiger partial charge in [-0.2, -0.15) is 0 Å². The zero-order valence-corrected chi connectivity index (χ0v) is 8.32. The van der Waals surface area contributed by atoms with E-state index in [9.17, 15) is 9.90 Å². The van der Waals surface area contributed by atoms with E-state index in [-0.39, 0.29) is 5.97 Å². The highest BCUT2D eigenvalue weighted by atomic mass is 16.5. The summed E-state index contributed by atoms with van der Waals surface area (Å²) < 4.78 is 4.55. The van der Waals surface area contributed by atoms with Gasteiger partial charge in [-0.3, -0.25) is 0 Å². The van der Waals surface area contributed by atoms with Crippen LogP contribution in [0.15, 0.2) is 24.3 Å². The Hall–Kier alpha value is -1.35. The first-order chi connectivity index (χ1) is 6.69. The van der Waals surface area contributed by atoms with E-state index in [0.717, 1.165) is 0 Å². The number of benzene rings is 1. The van der Waals surface area contributed by atoms with Crippen LogP contribution in [0.1, 0.15) is 35.4 Å². The zero-order chi connectivity index (χ0) is 10.6. The second-order valence-electron chi connectivity index (χ2n) is 3.01. The Balaban J connectivity index is 2.83. The molecule has 0 aliphatic carbocycles. The molecular weight excluding hydrogens is 180 g/mol. The molecule has 0 saturated heterocycles. The Morgan fingerprint density at radius 3 is 2.36 bits per heavy atom. The van der Waals surface area contributed by atoms with E-state index >= 15 is 0 Å². The Kier molecular flexibility index (Phi) is 3.65. The Morgan fingerprint density at radius 2 is 1.93 bits per heavy atom. The highest BCUT2D eigenvalue weighted by Gasteiger charge is 2.08. The van der Waals surface area contributed by atoms with Gasteiger partial charge >= 0.3 is 5.97 Å². The molecule has 0 fully saturated rings. The SMILES string of the molecule is CCC([O])c1ccc(C(=O)OC)cc1. The number of esters is 1. The zero-order valence-electron chi connectivity index (χ0n) is 8.32. The molecule has 0 spiro atoms. The molecule has 1 rings (SSSR count). The summed E-state index contributed by atoms with van der Waals surface area (Å²) in [4.78, 5) is 11.1. The van der Waals surface area contributed by atoms with Crippen LogP contribution in [0.25, 0.3) is 0 Å². The molecule has 0 bridgehead atoms. The van der Waals surface area contributed by atoms with E-state index < -0.39 is 6.10 Å². The summed E-state index contributed by atoms with van der Waals surface area (Å²) in [6, 6.07) is 6.57. The molecule has 1 aromatic rings. The van der Waals surface area contributed by atoms with Gasteiger partial charge in [0, 0.05) is 0 Å². The van der Waals surface area contributed by atoms with Gasteiger partial charge in [-0.1, -0.05) is 19.1 Å². The molecule has 1 atom stereocenters. The highest BCUT2D eigenvalue weighted by Crippen LogP contribution is 2.17. The lowest BCUT2D eigenvalue weighted by Crippen LogP contribution is -2.01. The predicted molar refractivity (Wildman–Crippen MR) is 51.5 cm³/mol. The van der Waals surface area contributed by atoms with E-state index in [2.05, 4.69) is 4.74 Å². The van der Waals surface area contributed by atoms with Crippen LogP contribution in [0.4, 0.5) is 0 Å². The van der Waals surface area contributed by atoms with Crippen LogP contribution in [0.2, 0.25) is 0 Å². The van der Waals surface area contributed by atoms with E-state index in [1.54, 1.807) is 24.3 Å². The van der Waals surface area contributed by atoms with Crippen molar-refractivity contribution in [3.8, 4) is 0 Å². The second kappa shape index (κ2) is 4.77. The molecule has 1 aromatic carbocycles. The smallest absolute Gasteiger partial charge is 0.337 e. The van der Waals surface area contributed by atoms with Gasteiger partial charge in [0.15, 0.2) is 0 Å². The van der Waals surface area contributed by atoms with Crippen LogP contribution >= 0.6 is 0 Å². The quantitative estimate of drug-likeness (QED) is 0.692. The van der Waals surface area contributed by atoms with Crippen molar-refractivity contribution in [2.45, 2.75) is 19.4 Å². The number of hydrogen-bond acceptors (Lipinski definition) is 2. The second-order valence-corrected chi connectivity index (χ2v) is 3.01. The fraction of sp³-hybridized carbons (Fsp3) is 0.364. The van der Waals surface area contributed by atoms with Gasteiger partial charge in [-0.25, -0.2) is 9.90 Å². The van der Waals surface area contributed by atoms with E-state index in [0.29, 0.717) is 17.5 Å². The predicted octanol–water partition coefficient (Wildman–Crippen LogP) is 2.35. The molecule has 1 unspecified atom stereocenters. The van der Waals surface area contributed by atoms with Crippen molar-refractivity contribution >= 4 is 5.97 Å². The molecule has 1 radical (unpaired) electrons. The highest BCUT2D eigenvalue weighted by molar-refractivity contribution is 5.89. The molecule has 14 heavy (non-hydrogen) atoms. The fourth-order valence-corrected chi connectivity index (χ4v) is 1.19. The molecule has 0 aliphatic heterocycles. The lowest BCUT2D eigenvalue weighted by molar-refractivity contribution is 0.0599. The summed E-state index contributed by atoms with van der Waals surface area (Å²) in [5.41, 5.74) is 1.18. The monoisotopic (exact) mass is 193 g/mol. The van der Waals surface area contributed by atoms with Crippen LogP contribution in [0.3, 0.4) is 0 Å². The Bertz CT molecular complexity index is 303. The number of carbonyl (C=O) groups is 1. The molecular formula is C11H13O3. The third-order valence-electron chi connectivity index (χ3n) is 2.07. The first-order valence-electron chi connectivity index (χ1n) is 4.53. The molecule has 0 heterocycles. The van der Waals surface area contributed by atoms with E-state index in [1.165, 1.54) is 7.11 Å². The average molecular weight is 193 g/mol. The number of carbonyl (C=O) groups excluding carboxylic acids is 1. The van der Waals surface area contributed by atoms with Crippen LogP contribution in [-0.2, 0) is 9.84 Å². The van der Waals surface area contributed by atoms with Crippen molar-refractivity contribution < 1.29 is 14.6 Å². The Labute approximate surface area is 83.3 Å². The summed E-state index contributed by atoms with van der Waals surface area (Å²) >= 11 is 0. The largest absolute Gasteiger partial charge is 0.465 e. The van der Waals surface area contributed by atoms with Gasteiger partial charge < -0.3 is 4.74 Å². The number of hydrogen-bond donors (Lipinski definition) is 0. The van der Waals surface area contributed by atoms with Crippen molar-refractivity contribution in [3.05, 3.63) is 35.4 Å². The van der Waals surface area contributed by atoms with E-state index in [4.69, 9.17) is 0 Å². The maximum atomic E-state index is 11.3. The van der Waals surface area contributed by atoms with Crippen molar-refractivity contribution in [1.29, 1.82) is 0 Å². The molecule has 0 aromatic heterocycles. The van der Waals surface area contributed by atoms with Gasteiger partial charge in [-0.05, 0) is 24.1 Å². The van der Waals surface area contributed by atoms with Gasteiger partial charge in [0.1, 0.15) is 6.10 Å². The third-order valence-corrected chi connectivity index (χ3v) is 2.07. The maximum absolute atomic E-state index is 11.3. The summed E-state index contributed by atoms with van der Waals surface area (Å²) in [6.45, 7) is 1.84. The van der Waals surface area contributed by atoms with Crippen LogP contribution < -0.4 is 0 Å². The van der Waals surface area contributed by atoms with Crippen LogP contribution in [-0.4, -0.2) is 13.1 Å². The van der Waals surface area contributed by atoms with E-state index in [1.807, 2.05) is 6.92 Å². The average Bonchev–Trinajstić information content (AvgIpc) is 2.27. The van der Waals surface area contributed by atoms with Crippen LogP contribution in [0, 0.1) is 0 Å². The number of rotatable bonds is 3. The van der Waals surface area contributed by atoms with Crippen molar-refractivity contribution in [2.24, 2.45) is 0 Å². The van der Waals surface area contributed by atoms with Gasteiger partial charge in [0.05, 0.1) is 12.7 Å². The number of ether oxygens (including phenoxy) is 1. The molecule has 0 N–H and O–H groups in total. The molecule has 0 amide bonds. The molecule has 3 nitrogen and oxygen atoms in total. The molecule has 0 saturated carbocycles.